The summed E-state index contributed by atoms with van der Waals surface area (Å²) in [7, 11) is 0. The smallest absolute Gasteiger partial charge is 0.433 e. The van der Waals surface area contributed by atoms with Gasteiger partial charge in [0.1, 0.15) is 6.10 Å². The summed E-state index contributed by atoms with van der Waals surface area (Å²) in [6, 6.07) is 12.6. The van der Waals surface area contributed by atoms with Gasteiger partial charge in [0, 0.05) is 31.9 Å². The molecular formula is C22H21ClF3N3O3. The fourth-order valence-corrected chi connectivity index (χ4v) is 3.71. The average Bonchev–Trinajstić information content (AvgIpc) is 2.78. The topological polar surface area (TPSA) is 62.2 Å². The number of carbonyl (C=O) groups excluding carboxylic acids is 2. The Kier molecular flexibility index (Phi) is 7.40. The largest absolute Gasteiger partial charge is 0.439 e. The van der Waals surface area contributed by atoms with E-state index in [2.05, 4.69) is 11.7 Å². The molecule has 0 spiro atoms. The number of halogens is 4. The van der Waals surface area contributed by atoms with E-state index in [4.69, 9.17) is 16.3 Å². The summed E-state index contributed by atoms with van der Waals surface area (Å²) in [5.74, 6) is -0.234. The number of hydrogen-bond acceptors (Lipinski definition) is 4. The van der Waals surface area contributed by atoms with Crippen LogP contribution in [0.1, 0.15) is 23.7 Å². The van der Waals surface area contributed by atoms with Crippen molar-refractivity contribution in [1.82, 2.24) is 4.90 Å². The van der Waals surface area contributed by atoms with Crippen molar-refractivity contribution in [3.63, 3.8) is 0 Å². The monoisotopic (exact) mass is 467 g/mol. The van der Waals surface area contributed by atoms with E-state index in [9.17, 15) is 22.8 Å². The lowest BCUT2D eigenvalue weighted by molar-refractivity contribution is -0.137. The Bertz CT molecular complexity index is 977. The van der Waals surface area contributed by atoms with Crippen LogP contribution in [0.2, 0.25) is 5.02 Å². The molecule has 2 amide bonds. The lowest BCUT2D eigenvalue weighted by Gasteiger charge is -2.37. The molecule has 1 heterocycles. The molecule has 0 aliphatic carbocycles. The molecule has 32 heavy (non-hydrogen) atoms. The van der Waals surface area contributed by atoms with Gasteiger partial charge in [-0.2, -0.15) is 18.2 Å². The number of amides is 2. The van der Waals surface area contributed by atoms with Crippen molar-refractivity contribution in [2.45, 2.75) is 18.7 Å². The van der Waals surface area contributed by atoms with Crippen molar-refractivity contribution >= 4 is 36.0 Å². The summed E-state index contributed by atoms with van der Waals surface area (Å²) in [5, 5.41) is -0.356. The number of rotatable bonds is 5. The lowest BCUT2D eigenvalue weighted by atomic mass is 10.1. The zero-order valence-electron chi connectivity index (χ0n) is 17.0. The first kappa shape index (κ1) is 23.6. The van der Waals surface area contributed by atoms with Gasteiger partial charge in [0.05, 0.1) is 17.0 Å². The second kappa shape index (κ2) is 10.0. The molecule has 10 heteroatoms. The van der Waals surface area contributed by atoms with Crippen molar-refractivity contribution in [2.24, 2.45) is 4.99 Å². The van der Waals surface area contributed by atoms with Crippen molar-refractivity contribution in [3.05, 3.63) is 64.7 Å². The number of carbonyl (C=O) groups is 2. The van der Waals surface area contributed by atoms with Gasteiger partial charge < -0.3 is 14.5 Å². The second-order valence-corrected chi connectivity index (χ2v) is 7.58. The summed E-state index contributed by atoms with van der Waals surface area (Å²) in [6.07, 6.45) is -6.32. The molecule has 1 fully saturated rings. The minimum Gasteiger partial charge on any atom is -0.439 e. The number of aliphatic imine (C=N–C) groups is 1. The summed E-state index contributed by atoms with van der Waals surface area (Å²) in [5.41, 5.74) is 0.151. The van der Waals surface area contributed by atoms with E-state index >= 15 is 0 Å². The second-order valence-electron chi connectivity index (χ2n) is 7.18. The molecule has 0 saturated carbocycles. The first-order valence-corrected chi connectivity index (χ1v) is 10.2. The zero-order valence-corrected chi connectivity index (χ0v) is 17.8. The maximum absolute atomic E-state index is 13.1. The Hall–Kier alpha value is -3.07. The van der Waals surface area contributed by atoms with Crippen LogP contribution in [0.15, 0.2) is 53.5 Å². The molecule has 0 N–H and O–H groups in total. The number of piperazine rings is 1. The number of hydrogen-bond donors (Lipinski definition) is 0. The Balaban J connectivity index is 1.65. The molecule has 0 bridgehead atoms. The highest BCUT2D eigenvalue weighted by Gasteiger charge is 2.34. The molecule has 1 aliphatic rings. The molecule has 6 nitrogen and oxygen atoms in total. The quantitative estimate of drug-likeness (QED) is 0.582. The van der Waals surface area contributed by atoms with Crippen LogP contribution in [0.3, 0.4) is 0 Å². The summed E-state index contributed by atoms with van der Waals surface area (Å²) in [6.45, 7) is 4.48. The van der Waals surface area contributed by atoms with E-state index in [-0.39, 0.29) is 17.4 Å². The van der Waals surface area contributed by atoms with Gasteiger partial charge in [-0.25, -0.2) is 4.79 Å². The Morgan fingerprint density at radius 3 is 2.34 bits per heavy atom. The molecule has 1 aliphatic heterocycles. The first-order chi connectivity index (χ1) is 15.2. The highest BCUT2D eigenvalue weighted by atomic mass is 35.5. The zero-order chi connectivity index (χ0) is 23.3. The molecule has 1 unspecified atom stereocenters. The molecular weight excluding hydrogens is 447 g/mol. The normalized spacial score (nSPS) is 15.2. The number of nitrogens with zero attached hydrogens (tertiary/aromatic N) is 3. The van der Waals surface area contributed by atoms with Gasteiger partial charge in [-0.1, -0.05) is 41.9 Å². The van der Waals surface area contributed by atoms with E-state index in [0.717, 1.165) is 6.07 Å². The molecule has 1 saturated heterocycles. The van der Waals surface area contributed by atoms with Gasteiger partial charge in [-0.3, -0.25) is 4.79 Å². The summed E-state index contributed by atoms with van der Waals surface area (Å²) < 4.78 is 44.7. The van der Waals surface area contributed by atoms with Crippen LogP contribution in [0.25, 0.3) is 0 Å². The summed E-state index contributed by atoms with van der Waals surface area (Å²) >= 11 is 5.69. The predicted octanol–water partition coefficient (Wildman–Crippen LogP) is 4.98. The lowest BCUT2D eigenvalue weighted by Crippen LogP contribution is -2.49. The first-order valence-electron chi connectivity index (χ1n) is 9.81. The van der Waals surface area contributed by atoms with Gasteiger partial charge in [0.25, 0.3) is 0 Å². The van der Waals surface area contributed by atoms with Crippen molar-refractivity contribution in [1.29, 1.82) is 0 Å². The molecule has 2 aromatic carbocycles. The molecule has 0 aromatic heterocycles. The van der Waals surface area contributed by atoms with E-state index in [0.29, 0.717) is 37.4 Å². The Morgan fingerprint density at radius 2 is 1.75 bits per heavy atom. The number of ether oxygens (including phenoxy) is 1. The van der Waals surface area contributed by atoms with Gasteiger partial charge in [0.15, 0.2) is 0 Å². The third-order valence-corrected chi connectivity index (χ3v) is 5.49. The van der Waals surface area contributed by atoms with Crippen LogP contribution < -0.4 is 4.90 Å². The van der Waals surface area contributed by atoms with Crippen molar-refractivity contribution in [3.8, 4) is 0 Å². The minimum atomic E-state index is -4.55. The van der Waals surface area contributed by atoms with Gasteiger partial charge in [-0.15, -0.1) is 0 Å². The number of benzene rings is 2. The molecule has 2 aromatic rings. The minimum absolute atomic E-state index is 0.0789. The SMILES string of the molecule is C=NC(=O)OC(CC(=O)N1CCN(c2ccc(Cl)c(C(F)(F)F)c2)CC1)c1ccccc1. The number of alkyl halides is 3. The maximum Gasteiger partial charge on any atom is 0.433 e. The summed E-state index contributed by atoms with van der Waals surface area (Å²) in [4.78, 5) is 31.0. The van der Waals surface area contributed by atoms with Gasteiger partial charge in [-0.05, 0) is 30.5 Å². The Morgan fingerprint density at radius 1 is 1.09 bits per heavy atom. The van der Waals surface area contributed by atoms with E-state index in [1.54, 1.807) is 40.1 Å². The van der Waals surface area contributed by atoms with Crippen LogP contribution in [0.4, 0.5) is 23.7 Å². The third-order valence-electron chi connectivity index (χ3n) is 5.16. The predicted molar refractivity (Wildman–Crippen MR) is 115 cm³/mol. The molecule has 0 radical (unpaired) electrons. The highest BCUT2D eigenvalue weighted by molar-refractivity contribution is 6.31. The number of anilines is 1. The fourth-order valence-electron chi connectivity index (χ4n) is 3.48. The molecule has 170 valence electrons. The van der Waals surface area contributed by atoms with Crippen molar-refractivity contribution < 1.29 is 27.5 Å². The Labute approximate surface area is 188 Å². The van der Waals surface area contributed by atoms with Crippen LogP contribution in [0, 0.1) is 0 Å². The fraction of sp³-hybridized carbons (Fsp3) is 0.318. The van der Waals surface area contributed by atoms with Gasteiger partial charge in [0.2, 0.25) is 5.91 Å². The van der Waals surface area contributed by atoms with Gasteiger partial charge >= 0.3 is 12.3 Å². The highest BCUT2D eigenvalue weighted by Crippen LogP contribution is 2.37. The maximum atomic E-state index is 13.1. The van der Waals surface area contributed by atoms with E-state index in [1.165, 1.54) is 12.1 Å². The van der Waals surface area contributed by atoms with Crippen LogP contribution >= 0.6 is 11.6 Å². The molecule has 1 atom stereocenters. The van der Waals surface area contributed by atoms with Crippen LogP contribution in [-0.2, 0) is 15.7 Å². The van der Waals surface area contributed by atoms with Crippen molar-refractivity contribution in [2.75, 3.05) is 31.1 Å². The van der Waals surface area contributed by atoms with E-state index in [1.807, 2.05) is 0 Å². The third kappa shape index (κ3) is 5.79. The molecule has 3 rings (SSSR count). The van der Waals surface area contributed by atoms with E-state index < -0.39 is 23.9 Å². The standard InChI is InChI=1S/C22H21ClF3N3O3/c1-27-21(31)32-19(15-5-3-2-4-6-15)14-20(30)29-11-9-28(10-12-29)16-7-8-18(23)17(13-16)22(24,25)26/h2-8,13,19H,1,9-12,14H2. The van der Waals surface area contributed by atoms with Crippen LogP contribution in [0.5, 0.6) is 0 Å². The average molecular weight is 468 g/mol. The van der Waals surface area contributed by atoms with Crippen LogP contribution in [-0.4, -0.2) is 49.8 Å².